The lowest BCUT2D eigenvalue weighted by atomic mass is 10.2. The van der Waals surface area contributed by atoms with Crippen molar-refractivity contribution in [1.82, 2.24) is 5.43 Å². The second-order valence-electron chi connectivity index (χ2n) is 5.99. The number of carbonyl (C=O) groups excluding carboxylic acids is 1. The molecular formula is C21H16ClN3O4. The molecule has 0 unspecified atom stereocenters. The maximum absolute atomic E-state index is 12.0. The number of nitro groups is 1. The predicted molar refractivity (Wildman–Crippen MR) is 110 cm³/mol. The Kier molecular flexibility index (Phi) is 6.55. The highest BCUT2D eigenvalue weighted by Gasteiger charge is 2.05. The Labute approximate surface area is 171 Å². The van der Waals surface area contributed by atoms with Crippen LogP contribution in [0.5, 0.6) is 5.75 Å². The Morgan fingerprint density at radius 3 is 2.31 bits per heavy atom. The number of rotatable bonds is 7. The minimum Gasteiger partial charge on any atom is -0.489 e. The van der Waals surface area contributed by atoms with Crippen molar-refractivity contribution in [3.8, 4) is 5.75 Å². The van der Waals surface area contributed by atoms with Crippen molar-refractivity contribution < 1.29 is 14.5 Å². The van der Waals surface area contributed by atoms with Crippen molar-refractivity contribution in [2.75, 3.05) is 0 Å². The normalized spacial score (nSPS) is 10.7. The van der Waals surface area contributed by atoms with Crippen LogP contribution >= 0.6 is 11.6 Å². The third kappa shape index (κ3) is 5.88. The van der Waals surface area contributed by atoms with Gasteiger partial charge in [-0.2, -0.15) is 5.10 Å². The standard InChI is InChI=1S/C21H16ClN3O4/c22-18-7-5-17(6-8-18)21(26)24-23-13-15-3-11-20(12-4-15)29-14-16-1-9-19(10-2-16)25(27)28/h1-13H,14H2,(H,24,26). The van der Waals surface area contributed by atoms with Crippen molar-refractivity contribution in [2.24, 2.45) is 5.10 Å². The first-order chi connectivity index (χ1) is 14.0. The third-order valence-corrected chi connectivity index (χ3v) is 4.17. The Hall–Kier alpha value is -3.71. The maximum atomic E-state index is 12.0. The van der Waals surface area contributed by atoms with E-state index < -0.39 is 4.92 Å². The number of hydrogen-bond donors (Lipinski definition) is 1. The molecule has 0 heterocycles. The molecule has 0 aliphatic rings. The summed E-state index contributed by atoms with van der Waals surface area (Å²) >= 11 is 5.79. The SMILES string of the molecule is O=C(NN=Cc1ccc(OCc2ccc([N+](=O)[O-])cc2)cc1)c1ccc(Cl)cc1. The highest BCUT2D eigenvalue weighted by atomic mass is 35.5. The fraction of sp³-hybridized carbons (Fsp3) is 0.0476. The van der Waals surface area contributed by atoms with Crippen LogP contribution in [0.3, 0.4) is 0 Å². The number of carbonyl (C=O) groups is 1. The Balaban J connectivity index is 1.50. The molecule has 29 heavy (non-hydrogen) atoms. The molecule has 0 radical (unpaired) electrons. The van der Waals surface area contributed by atoms with Crippen molar-refractivity contribution in [2.45, 2.75) is 6.61 Å². The van der Waals surface area contributed by atoms with Gasteiger partial charge in [-0.05, 0) is 71.8 Å². The van der Waals surface area contributed by atoms with Gasteiger partial charge in [0.2, 0.25) is 0 Å². The van der Waals surface area contributed by atoms with Crippen molar-refractivity contribution in [1.29, 1.82) is 0 Å². The summed E-state index contributed by atoms with van der Waals surface area (Å²) < 4.78 is 5.66. The van der Waals surface area contributed by atoms with Crippen LogP contribution in [0.2, 0.25) is 5.02 Å². The number of nitrogens with one attached hydrogen (secondary N) is 1. The van der Waals surface area contributed by atoms with E-state index in [1.54, 1.807) is 60.7 Å². The Bertz CT molecular complexity index is 1020. The zero-order valence-corrected chi connectivity index (χ0v) is 15.9. The zero-order chi connectivity index (χ0) is 20.6. The summed E-state index contributed by atoms with van der Waals surface area (Å²) in [5.74, 6) is 0.312. The van der Waals surface area contributed by atoms with Gasteiger partial charge in [0.05, 0.1) is 11.1 Å². The molecule has 3 aromatic carbocycles. The van der Waals surface area contributed by atoms with Crippen LogP contribution in [0.4, 0.5) is 5.69 Å². The minimum absolute atomic E-state index is 0.0422. The number of halogens is 1. The molecule has 3 rings (SSSR count). The van der Waals surface area contributed by atoms with Crippen LogP contribution in [0.25, 0.3) is 0 Å². The first kappa shape index (κ1) is 20.0. The average molecular weight is 410 g/mol. The summed E-state index contributed by atoms with van der Waals surface area (Å²) in [5, 5.41) is 15.1. The number of benzene rings is 3. The van der Waals surface area contributed by atoms with E-state index in [-0.39, 0.29) is 11.6 Å². The number of nitro benzene ring substituents is 1. The highest BCUT2D eigenvalue weighted by Crippen LogP contribution is 2.16. The lowest BCUT2D eigenvalue weighted by Gasteiger charge is -2.06. The molecule has 0 aromatic heterocycles. The molecule has 146 valence electrons. The quantitative estimate of drug-likeness (QED) is 0.351. The maximum Gasteiger partial charge on any atom is 0.271 e. The number of amides is 1. The van der Waals surface area contributed by atoms with Gasteiger partial charge in [0.15, 0.2) is 0 Å². The van der Waals surface area contributed by atoms with Gasteiger partial charge in [0.1, 0.15) is 12.4 Å². The van der Waals surface area contributed by atoms with E-state index in [4.69, 9.17) is 16.3 Å². The summed E-state index contributed by atoms with van der Waals surface area (Å²) in [6.45, 7) is 0.294. The van der Waals surface area contributed by atoms with Crippen molar-refractivity contribution in [3.05, 3.63) is 105 Å². The van der Waals surface area contributed by atoms with Gasteiger partial charge in [0.25, 0.3) is 11.6 Å². The minimum atomic E-state index is -0.442. The van der Waals surface area contributed by atoms with Crippen molar-refractivity contribution in [3.63, 3.8) is 0 Å². The number of hydrogen-bond acceptors (Lipinski definition) is 5. The van der Waals surface area contributed by atoms with E-state index in [2.05, 4.69) is 10.5 Å². The number of nitrogens with zero attached hydrogens (tertiary/aromatic N) is 2. The van der Waals surface area contributed by atoms with Crippen LogP contribution in [-0.4, -0.2) is 17.0 Å². The molecule has 0 bridgehead atoms. The van der Waals surface area contributed by atoms with Crippen LogP contribution in [0, 0.1) is 10.1 Å². The molecule has 1 N–H and O–H groups in total. The van der Waals surface area contributed by atoms with E-state index in [0.29, 0.717) is 22.9 Å². The van der Waals surface area contributed by atoms with Gasteiger partial charge in [-0.1, -0.05) is 11.6 Å². The summed E-state index contributed by atoms with van der Waals surface area (Å²) in [5.41, 5.74) is 4.56. The van der Waals surface area contributed by atoms with E-state index in [9.17, 15) is 14.9 Å². The first-order valence-corrected chi connectivity index (χ1v) is 8.94. The topological polar surface area (TPSA) is 93.8 Å². The van der Waals surface area contributed by atoms with Gasteiger partial charge in [-0.25, -0.2) is 5.43 Å². The molecule has 0 fully saturated rings. The van der Waals surface area contributed by atoms with Gasteiger partial charge in [-0.3, -0.25) is 14.9 Å². The molecule has 3 aromatic rings. The molecule has 0 saturated carbocycles. The van der Waals surface area contributed by atoms with Crippen LogP contribution in [-0.2, 0) is 6.61 Å². The molecule has 0 spiro atoms. The highest BCUT2D eigenvalue weighted by molar-refractivity contribution is 6.30. The summed E-state index contributed by atoms with van der Waals surface area (Å²) in [6.07, 6.45) is 1.52. The van der Waals surface area contributed by atoms with Gasteiger partial charge >= 0.3 is 0 Å². The molecule has 0 aliphatic carbocycles. The summed E-state index contributed by atoms with van der Waals surface area (Å²) in [6, 6.07) is 19.8. The van der Waals surface area contributed by atoms with Crippen LogP contribution in [0.15, 0.2) is 77.9 Å². The van der Waals surface area contributed by atoms with Gasteiger partial charge in [0, 0.05) is 22.7 Å². The third-order valence-electron chi connectivity index (χ3n) is 3.92. The summed E-state index contributed by atoms with van der Waals surface area (Å²) in [7, 11) is 0. The summed E-state index contributed by atoms with van der Waals surface area (Å²) in [4.78, 5) is 22.2. The Morgan fingerprint density at radius 1 is 1.03 bits per heavy atom. The molecule has 7 nitrogen and oxygen atoms in total. The van der Waals surface area contributed by atoms with E-state index in [0.717, 1.165) is 11.1 Å². The Morgan fingerprint density at radius 2 is 1.69 bits per heavy atom. The molecule has 8 heteroatoms. The second kappa shape index (κ2) is 9.48. The van der Waals surface area contributed by atoms with Crippen LogP contribution < -0.4 is 10.2 Å². The van der Waals surface area contributed by atoms with E-state index >= 15 is 0 Å². The van der Waals surface area contributed by atoms with E-state index in [1.807, 2.05) is 0 Å². The monoisotopic (exact) mass is 409 g/mol. The fourth-order valence-electron chi connectivity index (χ4n) is 2.36. The number of ether oxygens (including phenoxy) is 1. The molecule has 1 amide bonds. The largest absolute Gasteiger partial charge is 0.489 e. The predicted octanol–water partition coefficient (Wildman–Crippen LogP) is 4.59. The van der Waals surface area contributed by atoms with Gasteiger partial charge < -0.3 is 4.74 Å². The lowest BCUT2D eigenvalue weighted by molar-refractivity contribution is -0.384. The molecule has 0 saturated heterocycles. The average Bonchev–Trinajstić information content (AvgIpc) is 2.74. The zero-order valence-electron chi connectivity index (χ0n) is 15.1. The number of hydrazone groups is 1. The molecule has 0 aliphatic heterocycles. The molecule has 0 atom stereocenters. The van der Waals surface area contributed by atoms with Crippen molar-refractivity contribution >= 4 is 29.4 Å². The smallest absolute Gasteiger partial charge is 0.271 e. The molecular weight excluding hydrogens is 394 g/mol. The van der Waals surface area contributed by atoms with E-state index in [1.165, 1.54) is 18.3 Å². The second-order valence-corrected chi connectivity index (χ2v) is 6.42. The number of non-ortho nitro benzene ring substituents is 1. The van der Waals surface area contributed by atoms with Crippen LogP contribution in [0.1, 0.15) is 21.5 Å². The fourth-order valence-corrected chi connectivity index (χ4v) is 2.49. The first-order valence-electron chi connectivity index (χ1n) is 8.56. The lowest BCUT2D eigenvalue weighted by Crippen LogP contribution is -2.17. The van der Waals surface area contributed by atoms with Gasteiger partial charge in [-0.15, -0.1) is 0 Å².